The first-order valence-corrected chi connectivity index (χ1v) is 6.39. The first-order chi connectivity index (χ1) is 8.64. The summed E-state index contributed by atoms with van der Waals surface area (Å²) in [6.07, 6.45) is 1.23. The second kappa shape index (κ2) is 4.07. The third kappa shape index (κ3) is 1.49. The number of hydrogen-bond donors (Lipinski definition) is 2. The van der Waals surface area contributed by atoms with Crippen LogP contribution in [0, 0.1) is 0 Å². The van der Waals surface area contributed by atoms with Crippen molar-refractivity contribution in [2.24, 2.45) is 0 Å². The van der Waals surface area contributed by atoms with Crippen molar-refractivity contribution < 1.29 is 15.0 Å². The van der Waals surface area contributed by atoms with Gasteiger partial charge in [0.05, 0.1) is 12.1 Å². The Morgan fingerprint density at radius 2 is 2.00 bits per heavy atom. The van der Waals surface area contributed by atoms with Crippen molar-refractivity contribution in [2.45, 2.75) is 43.6 Å². The average Bonchev–Trinajstić information content (AvgIpc) is 2.41. The fourth-order valence-electron chi connectivity index (χ4n) is 3.11. The number of aliphatic hydroxyl groups excluding tert-OH is 1. The standard InChI is InChI=1S/C14H17NO3/c16-12-8-4-7-11-14(12,18)13(17)15(11)9-10-5-2-1-3-6-10/h1-3,5-6,11-12,16,18H,4,7-9H2/t11-,12-,14+/m0/s1. The van der Waals surface area contributed by atoms with E-state index in [2.05, 4.69) is 0 Å². The molecule has 1 aliphatic heterocycles. The molecule has 4 nitrogen and oxygen atoms in total. The van der Waals surface area contributed by atoms with Crippen LogP contribution in [-0.2, 0) is 11.3 Å². The molecule has 1 amide bonds. The zero-order chi connectivity index (χ0) is 12.8. The van der Waals surface area contributed by atoms with E-state index in [4.69, 9.17) is 0 Å². The van der Waals surface area contributed by atoms with Gasteiger partial charge >= 0.3 is 0 Å². The van der Waals surface area contributed by atoms with E-state index < -0.39 is 11.7 Å². The molecular formula is C14H17NO3. The first kappa shape index (κ1) is 11.7. The van der Waals surface area contributed by atoms with E-state index in [-0.39, 0.29) is 11.9 Å². The molecule has 0 unspecified atom stereocenters. The summed E-state index contributed by atoms with van der Waals surface area (Å²) in [4.78, 5) is 13.7. The smallest absolute Gasteiger partial charge is 0.260 e. The number of carbonyl (C=O) groups is 1. The molecule has 1 saturated carbocycles. The zero-order valence-corrected chi connectivity index (χ0v) is 10.1. The third-order valence-corrected chi connectivity index (χ3v) is 4.15. The molecule has 1 aliphatic carbocycles. The van der Waals surface area contributed by atoms with Crippen molar-refractivity contribution in [3.8, 4) is 0 Å². The summed E-state index contributed by atoms with van der Waals surface area (Å²) >= 11 is 0. The van der Waals surface area contributed by atoms with Gasteiger partial charge in [-0.05, 0) is 24.8 Å². The normalized spacial score (nSPS) is 35.0. The van der Waals surface area contributed by atoms with Crippen LogP contribution in [-0.4, -0.2) is 38.8 Å². The van der Waals surface area contributed by atoms with Gasteiger partial charge in [-0.15, -0.1) is 0 Å². The van der Waals surface area contributed by atoms with Gasteiger partial charge in [0, 0.05) is 6.54 Å². The topological polar surface area (TPSA) is 60.8 Å². The maximum atomic E-state index is 12.0. The number of amides is 1. The van der Waals surface area contributed by atoms with E-state index in [0.29, 0.717) is 13.0 Å². The highest BCUT2D eigenvalue weighted by atomic mass is 16.4. The van der Waals surface area contributed by atoms with E-state index in [1.165, 1.54) is 0 Å². The maximum Gasteiger partial charge on any atom is 0.260 e. The highest BCUT2D eigenvalue weighted by Crippen LogP contribution is 2.42. The SMILES string of the molecule is O=C1N(Cc2ccccc2)[C@H]2CCC[C@H](O)[C@@]12O. The molecule has 3 rings (SSSR count). The molecule has 2 fully saturated rings. The summed E-state index contributed by atoms with van der Waals surface area (Å²) in [5.41, 5.74) is -0.472. The molecule has 2 N–H and O–H groups in total. The van der Waals surface area contributed by atoms with Gasteiger partial charge in [-0.25, -0.2) is 0 Å². The predicted molar refractivity (Wildman–Crippen MR) is 65.6 cm³/mol. The monoisotopic (exact) mass is 247 g/mol. The fourth-order valence-corrected chi connectivity index (χ4v) is 3.11. The summed E-state index contributed by atoms with van der Waals surface area (Å²) in [5, 5.41) is 20.1. The number of likely N-dealkylation sites (tertiary alicyclic amines) is 1. The molecule has 0 radical (unpaired) electrons. The van der Waals surface area contributed by atoms with Crippen LogP contribution in [0.25, 0.3) is 0 Å². The van der Waals surface area contributed by atoms with Gasteiger partial charge in [-0.2, -0.15) is 0 Å². The van der Waals surface area contributed by atoms with Gasteiger partial charge in [0.1, 0.15) is 0 Å². The van der Waals surface area contributed by atoms with Crippen molar-refractivity contribution in [3.63, 3.8) is 0 Å². The number of benzene rings is 1. The maximum absolute atomic E-state index is 12.0. The van der Waals surface area contributed by atoms with E-state index in [1.54, 1.807) is 4.90 Å². The molecule has 0 spiro atoms. The van der Waals surface area contributed by atoms with Crippen molar-refractivity contribution in [1.82, 2.24) is 4.90 Å². The number of carbonyl (C=O) groups excluding carboxylic acids is 1. The number of fused-ring (bicyclic) bond motifs is 1. The summed E-state index contributed by atoms with van der Waals surface area (Å²) in [7, 11) is 0. The average molecular weight is 247 g/mol. The molecule has 1 aromatic rings. The minimum absolute atomic E-state index is 0.228. The zero-order valence-electron chi connectivity index (χ0n) is 10.1. The van der Waals surface area contributed by atoms with Gasteiger partial charge in [0.25, 0.3) is 5.91 Å². The molecule has 1 heterocycles. The fraction of sp³-hybridized carbons (Fsp3) is 0.500. The lowest BCUT2D eigenvalue weighted by Gasteiger charge is -2.57. The molecule has 1 aromatic carbocycles. The molecule has 0 aromatic heterocycles. The van der Waals surface area contributed by atoms with E-state index >= 15 is 0 Å². The highest BCUT2D eigenvalue weighted by Gasteiger charge is 2.64. The Morgan fingerprint density at radius 1 is 1.28 bits per heavy atom. The minimum atomic E-state index is -1.52. The van der Waals surface area contributed by atoms with Crippen LogP contribution < -0.4 is 0 Å². The quantitative estimate of drug-likeness (QED) is 0.755. The van der Waals surface area contributed by atoms with Crippen LogP contribution >= 0.6 is 0 Å². The molecule has 1 saturated heterocycles. The van der Waals surface area contributed by atoms with Gasteiger partial charge in [0.15, 0.2) is 5.60 Å². The third-order valence-electron chi connectivity index (χ3n) is 4.15. The Bertz CT molecular complexity index is 461. The number of aliphatic hydroxyl groups is 2. The lowest BCUT2D eigenvalue weighted by atomic mass is 9.70. The summed E-state index contributed by atoms with van der Waals surface area (Å²) < 4.78 is 0. The Labute approximate surface area is 106 Å². The molecule has 0 bridgehead atoms. The van der Waals surface area contributed by atoms with Crippen molar-refractivity contribution in [3.05, 3.63) is 35.9 Å². The number of rotatable bonds is 2. The van der Waals surface area contributed by atoms with Gasteiger partial charge in [-0.3, -0.25) is 4.79 Å². The van der Waals surface area contributed by atoms with E-state index in [9.17, 15) is 15.0 Å². The molecule has 3 atom stereocenters. The molecule has 2 aliphatic rings. The largest absolute Gasteiger partial charge is 0.389 e. The van der Waals surface area contributed by atoms with Crippen LogP contribution in [0.5, 0.6) is 0 Å². The Hall–Kier alpha value is -1.39. The van der Waals surface area contributed by atoms with E-state index in [1.807, 2.05) is 30.3 Å². The van der Waals surface area contributed by atoms with Gasteiger partial charge < -0.3 is 15.1 Å². The Balaban J connectivity index is 1.78. The van der Waals surface area contributed by atoms with Crippen molar-refractivity contribution in [2.75, 3.05) is 0 Å². The molecular weight excluding hydrogens is 230 g/mol. The number of hydrogen-bond acceptors (Lipinski definition) is 3. The van der Waals surface area contributed by atoms with Crippen LogP contribution in [0.3, 0.4) is 0 Å². The Morgan fingerprint density at radius 3 is 2.72 bits per heavy atom. The second-order valence-electron chi connectivity index (χ2n) is 5.21. The lowest BCUT2D eigenvalue weighted by Crippen LogP contribution is -2.79. The van der Waals surface area contributed by atoms with E-state index in [0.717, 1.165) is 18.4 Å². The number of β-lactam (4-membered cyclic amide) rings is 1. The van der Waals surface area contributed by atoms with Crippen molar-refractivity contribution in [1.29, 1.82) is 0 Å². The predicted octanol–water partition coefficient (Wildman–Crippen LogP) is 0.673. The molecule has 96 valence electrons. The van der Waals surface area contributed by atoms with Crippen LogP contribution in [0.4, 0.5) is 0 Å². The summed E-state index contributed by atoms with van der Waals surface area (Å²) in [6, 6.07) is 9.49. The van der Waals surface area contributed by atoms with Crippen LogP contribution in [0.15, 0.2) is 30.3 Å². The summed E-state index contributed by atoms with van der Waals surface area (Å²) in [5.74, 6) is -0.330. The van der Waals surface area contributed by atoms with Gasteiger partial charge in [0.2, 0.25) is 0 Å². The minimum Gasteiger partial charge on any atom is -0.389 e. The van der Waals surface area contributed by atoms with Crippen LogP contribution in [0.2, 0.25) is 0 Å². The van der Waals surface area contributed by atoms with Crippen molar-refractivity contribution >= 4 is 5.91 Å². The lowest BCUT2D eigenvalue weighted by molar-refractivity contribution is -0.225. The first-order valence-electron chi connectivity index (χ1n) is 6.39. The Kier molecular flexibility index (Phi) is 2.64. The highest BCUT2D eigenvalue weighted by molar-refractivity contribution is 5.93. The number of nitrogens with zero attached hydrogens (tertiary/aromatic N) is 1. The summed E-state index contributed by atoms with van der Waals surface area (Å²) in [6.45, 7) is 0.513. The molecule has 4 heteroatoms. The molecule has 18 heavy (non-hydrogen) atoms. The van der Waals surface area contributed by atoms with Crippen LogP contribution in [0.1, 0.15) is 24.8 Å². The second-order valence-corrected chi connectivity index (χ2v) is 5.21. The van der Waals surface area contributed by atoms with Gasteiger partial charge in [-0.1, -0.05) is 30.3 Å².